The molecule has 0 fully saturated rings. The molecule has 12 heavy (non-hydrogen) atoms. The highest BCUT2D eigenvalue weighted by atomic mass is 16.5. The molecule has 0 aliphatic carbocycles. The lowest BCUT2D eigenvalue weighted by Gasteiger charge is -2.09. The van der Waals surface area contributed by atoms with Gasteiger partial charge in [-0.15, -0.1) is 0 Å². The van der Waals surface area contributed by atoms with E-state index in [1.807, 2.05) is 32.3 Å². The van der Waals surface area contributed by atoms with E-state index in [1.54, 1.807) is 7.11 Å². The Balaban J connectivity index is 2.65. The van der Waals surface area contributed by atoms with Crippen LogP contribution >= 0.6 is 0 Å². The van der Waals surface area contributed by atoms with Gasteiger partial charge in [-0.05, 0) is 37.9 Å². The molecule has 0 atom stereocenters. The zero-order valence-electron chi connectivity index (χ0n) is 7.79. The quantitative estimate of drug-likeness (QED) is 0.672. The van der Waals surface area contributed by atoms with Gasteiger partial charge in [0.1, 0.15) is 5.75 Å². The summed E-state index contributed by atoms with van der Waals surface area (Å²) < 4.78 is 5.03. The predicted molar refractivity (Wildman–Crippen MR) is 49.2 cm³/mol. The van der Waals surface area contributed by atoms with Gasteiger partial charge >= 0.3 is 0 Å². The van der Waals surface area contributed by atoms with E-state index in [-0.39, 0.29) is 0 Å². The Hall–Kier alpha value is -1.02. The van der Waals surface area contributed by atoms with Gasteiger partial charge in [-0.1, -0.05) is 6.07 Å². The average Bonchev–Trinajstić information content (AvgIpc) is 2.05. The van der Waals surface area contributed by atoms with Gasteiger partial charge in [0.2, 0.25) is 0 Å². The fourth-order valence-corrected chi connectivity index (χ4v) is 1.01. The third kappa shape index (κ3) is 2.55. The number of benzene rings is 1. The van der Waals surface area contributed by atoms with Crippen molar-refractivity contribution < 1.29 is 4.74 Å². The molecule has 1 aromatic rings. The second kappa shape index (κ2) is 4.12. The minimum Gasteiger partial charge on any atom is -0.497 e. The van der Waals surface area contributed by atoms with E-state index < -0.39 is 0 Å². The van der Waals surface area contributed by atoms with Crippen molar-refractivity contribution in [1.29, 1.82) is 0 Å². The first-order chi connectivity index (χ1) is 5.72. The maximum atomic E-state index is 5.03. The largest absolute Gasteiger partial charge is 0.497 e. The molecule has 2 heteroatoms. The normalized spacial score (nSPS) is 10.3. The summed E-state index contributed by atoms with van der Waals surface area (Å²) in [6.07, 6.45) is 0. The summed E-state index contributed by atoms with van der Waals surface area (Å²) in [5.41, 5.74) is 1.18. The summed E-state index contributed by atoms with van der Waals surface area (Å²) in [6, 6.07) is 8.99. The van der Waals surface area contributed by atoms with E-state index in [9.17, 15) is 0 Å². The maximum absolute atomic E-state index is 5.03. The van der Waals surface area contributed by atoms with Crippen LogP contribution in [-0.4, -0.2) is 26.1 Å². The standard InChI is InChI=1S/C10H14NO/c1-11(2)8-9-4-6-10(12-3)7-5-9/h4,6-7H,8H2,1-3H3. The number of hydrogen-bond donors (Lipinski definition) is 0. The Kier molecular flexibility index (Phi) is 3.11. The topological polar surface area (TPSA) is 12.5 Å². The smallest absolute Gasteiger partial charge is 0.119 e. The van der Waals surface area contributed by atoms with Crippen LogP contribution in [0.1, 0.15) is 5.56 Å². The second-order valence-corrected chi connectivity index (χ2v) is 2.99. The number of rotatable bonds is 3. The third-order valence-corrected chi connectivity index (χ3v) is 1.57. The first-order valence-corrected chi connectivity index (χ1v) is 3.91. The van der Waals surface area contributed by atoms with Gasteiger partial charge in [0.25, 0.3) is 0 Å². The fraction of sp³-hybridized carbons (Fsp3) is 0.400. The van der Waals surface area contributed by atoms with Crippen molar-refractivity contribution in [2.75, 3.05) is 21.2 Å². The van der Waals surface area contributed by atoms with Crippen molar-refractivity contribution >= 4 is 0 Å². The summed E-state index contributed by atoms with van der Waals surface area (Å²) in [4.78, 5) is 2.11. The zero-order chi connectivity index (χ0) is 8.97. The molecule has 0 saturated heterocycles. The van der Waals surface area contributed by atoms with Gasteiger partial charge in [-0.3, -0.25) is 0 Å². The SMILES string of the molecule is COc1c[c]c(CN(C)C)cc1. The lowest BCUT2D eigenvalue weighted by molar-refractivity contribution is 0.399. The molecule has 1 radical (unpaired) electrons. The Morgan fingerprint density at radius 2 is 2.17 bits per heavy atom. The van der Waals surface area contributed by atoms with Crippen molar-refractivity contribution in [2.24, 2.45) is 0 Å². The van der Waals surface area contributed by atoms with Crippen LogP contribution in [0.2, 0.25) is 0 Å². The van der Waals surface area contributed by atoms with Crippen LogP contribution in [0.25, 0.3) is 0 Å². The molecule has 0 aliphatic rings. The van der Waals surface area contributed by atoms with Crippen LogP contribution in [0.4, 0.5) is 0 Å². The summed E-state index contributed by atoms with van der Waals surface area (Å²) in [5.74, 6) is 0.859. The van der Waals surface area contributed by atoms with Gasteiger partial charge in [0, 0.05) is 6.54 Å². The number of methoxy groups -OCH3 is 1. The molecule has 65 valence electrons. The Labute approximate surface area is 73.8 Å². The minimum absolute atomic E-state index is 0.859. The molecule has 0 bridgehead atoms. The molecule has 0 heterocycles. The molecule has 0 amide bonds. The summed E-state index contributed by atoms with van der Waals surface area (Å²) >= 11 is 0. The Bertz CT molecular complexity index is 228. The van der Waals surface area contributed by atoms with Crippen LogP contribution in [0.5, 0.6) is 5.75 Å². The monoisotopic (exact) mass is 164 g/mol. The van der Waals surface area contributed by atoms with Crippen LogP contribution in [0, 0.1) is 6.07 Å². The lowest BCUT2D eigenvalue weighted by atomic mass is 10.2. The van der Waals surface area contributed by atoms with Crippen molar-refractivity contribution in [3.8, 4) is 5.75 Å². The highest BCUT2D eigenvalue weighted by Gasteiger charge is 1.95. The molecule has 1 aromatic carbocycles. The minimum atomic E-state index is 0.859. The van der Waals surface area contributed by atoms with Crippen LogP contribution < -0.4 is 4.74 Å². The average molecular weight is 164 g/mol. The zero-order valence-corrected chi connectivity index (χ0v) is 7.79. The van der Waals surface area contributed by atoms with E-state index in [2.05, 4.69) is 11.0 Å². The number of nitrogens with zero attached hydrogens (tertiary/aromatic N) is 1. The van der Waals surface area contributed by atoms with E-state index in [1.165, 1.54) is 5.56 Å². The van der Waals surface area contributed by atoms with Gasteiger partial charge < -0.3 is 9.64 Å². The van der Waals surface area contributed by atoms with Gasteiger partial charge in [-0.2, -0.15) is 0 Å². The third-order valence-electron chi connectivity index (χ3n) is 1.57. The molecule has 0 saturated carbocycles. The predicted octanol–water partition coefficient (Wildman–Crippen LogP) is 1.56. The van der Waals surface area contributed by atoms with Gasteiger partial charge in [0.05, 0.1) is 7.11 Å². The van der Waals surface area contributed by atoms with Crippen molar-refractivity contribution in [2.45, 2.75) is 6.54 Å². The van der Waals surface area contributed by atoms with Crippen molar-refractivity contribution in [3.05, 3.63) is 29.8 Å². The maximum Gasteiger partial charge on any atom is 0.119 e. The summed E-state index contributed by atoms with van der Waals surface area (Å²) in [6.45, 7) is 0.921. The van der Waals surface area contributed by atoms with Crippen LogP contribution in [-0.2, 0) is 6.54 Å². The van der Waals surface area contributed by atoms with E-state index in [0.29, 0.717) is 0 Å². The lowest BCUT2D eigenvalue weighted by Crippen LogP contribution is -2.10. The first kappa shape index (κ1) is 9.07. The fourth-order valence-electron chi connectivity index (χ4n) is 1.01. The molecule has 0 N–H and O–H groups in total. The molecule has 0 spiro atoms. The molecule has 0 aromatic heterocycles. The number of hydrogen-bond acceptors (Lipinski definition) is 2. The van der Waals surface area contributed by atoms with Gasteiger partial charge in [0.15, 0.2) is 0 Å². The summed E-state index contributed by atoms with van der Waals surface area (Å²) in [7, 11) is 5.74. The van der Waals surface area contributed by atoms with Crippen molar-refractivity contribution in [1.82, 2.24) is 4.90 Å². The molecule has 1 rings (SSSR count). The molecular formula is C10H14NO. The molecule has 0 unspecified atom stereocenters. The van der Waals surface area contributed by atoms with Gasteiger partial charge in [-0.25, -0.2) is 0 Å². The highest BCUT2D eigenvalue weighted by Crippen LogP contribution is 2.11. The first-order valence-electron chi connectivity index (χ1n) is 3.91. The molecule has 2 nitrogen and oxygen atoms in total. The molecular weight excluding hydrogens is 150 g/mol. The van der Waals surface area contributed by atoms with Crippen molar-refractivity contribution in [3.63, 3.8) is 0 Å². The molecule has 0 aliphatic heterocycles. The van der Waals surface area contributed by atoms with E-state index >= 15 is 0 Å². The Morgan fingerprint density at radius 3 is 2.58 bits per heavy atom. The highest BCUT2D eigenvalue weighted by molar-refractivity contribution is 5.25. The summed E-state index contributed by atoms with van der Waals surface area (Å²) in [5, 5.41) is 0. The van der Waals surface area contributed by atoms with Crippen LogP contribution in [0.3, 0.4) is 0 Å². The number of ether oxygens (including phenoxy) is 1. The van der Waals surface area contributed by atoms with E-state index in [0.717, 1.165) is 12.3 Å². The van der Waals surface area contributed by atoms with E-state index in [4.69, 9.17) is 4.74 Å². The second-order valence-electron chi connectivity index (χ2n) is 2.99. The van der Waals surface area contributed by atoms with Crippen LogP contribution in [0.15, 0.2) is 18.2 Å². The Morgan fingerprint density at radius 1 is 1.42 bits per heavy atom.